The number of nitrogens with zero attached hydrogens (tertiary/aromatic N) is 2. The van der Waals surface area contributed by atoms with Crippen molar-refractivity contribution < 1.29 is 17.6 Å². The van der Waals surface area contributed by atoms with Crippen molar-refractivity contribution in [3.05, 3.63) is 28.7 Å². The van der Waals surface area contributed by atoms with E-state index in [4.69, 9.17) is 4.42 Å². The van der Waals surface area contributed by atoms with E-state index in [2.05, 4.69) is 5.32 Å². The van der Waals surface area contributed by atoms with Gasteiger partial charge in [-0.15, -0.1) is 0 Å². The maximum Gasteiger partial charge on any atom is 0.420 e. The van der Waals surface area contributed by atoms with Gasteiger partial charge >= 0.3 is 5.76 Å². The van der Waals surface area contributed by atoms with E-state index in [0.717, 1.165) is 6.42 Å². The first-order chi connectivity index (χ1) is 13.4. The third-order valence-corrected chi connectivity index (χ3v) is 6.76. The van der Waals surface area contributed by atoms with Crippen molar-refractivity contribution >= 4 is 27.0 Å². The summed E-state index contributed by atoms with van der Waals surface area (Å²) in [6, 6.07) is 4.36. The zero-order valence-electron chi connectivity index (χ0n) is 17.6. The Hall–Kier alpha value is -2.13. The number of benzene rings is 1. The van der Waals surface area contributed by atoms with Crippen LogP contribution in [-0.4, -0.2) is 41.8 Å². The van der Waals surface area contributed by atoms with Gasteiger partial charge in [0.2, 0.25) is 15.9 Å². The van der Waals surface area contributed by atoms with Crippen molar-refractivity contribution in [2.75, 3.05) is 13.1 Å². The van der Waals surface area contributed by atoms with Crippen LogP contribution >= 0.6 is 0 Å². The average Bonchev–Trinajstić information content (AvgIpc) is 2.87. The summed E-state index contributed by atoms with van der Waals surface area (Å²) >= 11 is 0. The molecule has 1 saturated heterocycles. The van der Waals surface area contributed by atoms with Gasteiger partial charge in [0.15, 0.2) is 5.58 Å². The zero-order valence-corrected chi connectivity index (χ0v) is 18.4. The molecule has 1 aromatic carbocycles. The largest absolute Gasteiger partial charge is 0.420 e. The van der Waals surface area contributed by atoms with Gasteiger partial charge < -0.3 is 9.73 Å². The molecule has 0 radical (unpaired) electrons. The van der Waals surface area contributed by atoms with Crippen LogP contribution in [-0.2, 0) is 21.4 Å². The molecule has 160 valence electrons. The molecular weight excluding hydrogens is 394 g/mol. The molecule has 1 aliphatic rings. The summed E-state index contributed by atoms with van der Waals surface area (Å²) in [5.74, 6) is -0.440. The van der Waals surface area contributed by atoms with E-state index in [1.54, 1.807) is 0 Å². The number of oxazole rings is 1. The first-order valence-corrected chi connectivity index (χ1v) is 11.3. The number of aromatic nitrogens is 1. The maximum atomic E-state index is 13.1. The molecule has 9 heteroatoms. The standard InChI is InChI=1S/C20H29N3O5S/c1-13-8-14(2)11-22(10-13)29(26,27)15-6-7-16-17(9-15)28-19(25)23(16)12-18(24)21-20(3,4)5/h6-7,9,13-14H,8,10-12H2,1-5H3,(H,21,24)/t13-,14-/m0/s1. The number of nitrogens with one attached hydrogen (secondary N) is 1. The Bertz CT molecular complexity index is 1070. The fraction of sp³-hybridized carbons (Fsp3) is 0.600. The van der Waals surface area contributed by atoms with E-state index in [1.165, 1.54) is 27.1 Å². The van der Waals surface area contributed by atoms with Crippen LogP contribution in [0.15, 0.2) is 32.3 Å². The van der Waals surface area contributed by atoms with Crippen LogP contribution in [0.1, 0.15) is 41.0 Å². The number of sulfonamides is 1. The first kappa shape index (κ1) is 21.6. The molecule has 0 spiro atoms. The van der Waals surface area contributed by atoms with E-state index in [0.29, 0.717) is 18.6 Å². The monoisotopic (exact) mass is 423 g/mol. The molecule has 0 aliphatic carbocycles. The number of hydrogen-bond donors (Lipinski definition) is 1. The molecule has 2 aromatic rings. The molecule has 2 atom stereocenters. The van der Waals surface area contributed by atoms with Gasteiger partial charge in [-0.3, -0.25) is 9.36 Å². The highest BCUT2D eigenvalue weighted by atomic mass is 32.2. The lowest BCUT2D eigenvalue weighted by molar-refractivity contribution is -0.123. The smallest absolute Gasteiger partial charge is 0.408 e. The Kier molecular flexibility index (Phi) is 5.66. The van der Waals surface area contributed by atoms with Crippen molar-refractivity contribution in [2.45, 2.75) is 58.0 Å². The highest BCUT2D eigenvalue weighted by molar-refractivity contribution is 7.89. The van der Waals surface area contributed by atoms with Gasteiger partial charge in [0.1, 0.15) is 6.54 Å². The van der Waals surface area contributed by atoms with Gasteiger partial charge in [-0.25, -0.2) is 13.2 Å². The summed E-state index contributed by atoms with van der Waals surface area (Å²) in [6.45, 7) is 10.4. The van der Waals surface area contributed by atoms with Crippen LogP contribution < -0.4 is 11.1 Å². The highest BCUT2D eigenvalue weighted by Crippen LogP contribution is 2.28. The average molecular weight is 424 g/mol. The van der Waals surface area contributed by atoms with Crippen LogP contribution in [0.5, 0.6) is 0 Å². The lowest BCUT2D eigenvalue weighted by atomic mass is 9.94. The Morgan fingerprint density at radius 1 is 1.21 bits per heavy atom. The Balaban J connectivity index is 1.92. The molecule has 1 fully saturated rings. The normalized spacial score (nSPS) is 21.4. The molecule has 1 N–H and O–H groups in total. The summed E-state index contributed by atoms with van der Waals surface area (Å²) in [4.78, 5) is 24.5. The summed E-state index contributed by atoms with van der Waals surface area (Å²) in [6.07, 6.45) is 0.999. The molecule has 2 heterocycles. The van der Waals surface area contributed by atoms with Gasteiger partial charge in [0.05, 0.1) is 10.4 Å². The van der Waals surface area contributed by atoms with Crippen LogP contribution in [0, 0.1) is 11.8 Å². The topological polar surface area (TPSA) is 102 Å². The molecule has 29 heavy (non-hydrogen) atoms. The lowest BCUT2D eigenvalue weighted by Crippen LogP contribution is -2.43. The lowest BCUT2D eigenvalue weighted by Gasteiger charge is -2.34. The predicted molar refractivity (Wildman–Crippen MR) is 110 cm³/mol. The number of carbonyl (C=O) groups is 1. The SMILES string of the molecule is C[C@H]1C[C@H](C)CN(S(=O)(=O)c2ccc3c(c2)oc(=O)n3CC(=O)NC(C)(C)C)C1. The van der Waals surface area contributed by atoms with Gasteiger partial charge in [-0.2, -0.15) is 4.31 Å². The number of piperidine rings is 1. The van der Waals surface area contributed by atoms with Gasteiger partial charge in [0, 0.05) is 24.7 Å². The highest BCUT2D eigenvalue weighted by Gasteiger charge is 2.32. The number of carbonyl (C=O) groups excluding carboxylic acids is 1. The van der Waals surface area contributed by atoms with Crippen molar-refractivity contribution in [1.82, 2.24) is 14.2 Å². The Morgan fingerprint density at radius 2 is 1.83 bits per heavy atom. The summed E-state index contributed by atoms with van der Waals surface area (Å²) in [5, 5.41) is 2.79. The second kappa shape index (κ2) is 7.60. The first-order valence-electron chi connectivity index (χ1n) is 9.81. The minimum atomic E-state index is -3.69. The van der Waals surface area contributed by atoms with Crippen molar-refractivity contribution in [3.8, 4) is 0 Å². The molecule has 1 aromatic heterocycles. The third kappa shape index (κ3) is 4.72. The Morgan fingerprint density at radius 3 is 2.41 bits per heavy atom. The third-order valence-electron chi connectivity index (χ3n) is 4.93. The molecule has 0 bridgehead atoms. The fourth-order valence-corrected chi connectivity index (χ4v) is 5.60. The van der Waals surface area contributed by atoms with E-state index < -0.39 is 21.3 Å². The van der Waals surface area contributed by atoms with Crippen molar-refractivity contribution in [1.29, 1.82) is 0 Å². The van der Waals surface area contributed by atoms with E-state index >= 15 is 0 Å². The number of fused-ring (bicyclic) bond motifs is 1. The minimum Gasteiger partial charge on any atom is -0.408 e. The maximum absolute atomic E-state index is 13.1. The second-order valence-corrected chi connectivity index (χ2v) is 11.1. The van der Waals surface area contributed by atoms with Crippen LogP contribution in [0.2, 0.25) is 0 Å². The number of amides is 1. The molecule has 3 rings (SSSR count). The minimum absolute atomic E-state index is 0.0892. The van der Waals surface area contributed by atoms with Gasteiger partial charge in [-0.1, -0.05) is 13.8 Å². The Labute approximate surface area is 170 Å². The van der Waals surface area contributed by atoms with Gasteiger partial charge in [-0.05, 0) is 51.2 Å². The van der Waals surface area contributed by atoms with Crippen molar-refractivity contribution in [3.63, 3.8) is 0 Å². The summed E-state index contributed by atoms with van der Waals surface area (Å²) < 4.78 is 34.1. The zero-order chi connectivity index (χ0) is 21.6. The van der Waals surface area contributed by atoms with Gasteiger partial charge in [0.25, 0.3) is 0 Å². The molecule has 1 amide bonds. The number of rotatable bonds is 4. The summed E-state index contributed by atoms with van der Waals surface area (Å²) in [5.41, 5.74) is 0.112. The molecular formula is C20H29N3O5S. The van der Waals surface area contributed by atoms with E-state index in [-0.39, 0.29) is 34.8 Å². The van der Waals surface area contributed by atoms with Crippen LogP contribution in [0.3, 0.4) is 0 Å². The molecule has 1 aliphatic heterocycles. The van der Waals surface area contributed by atoms with Crippen LogP contribution in [0.25, 0.3) is 11.1 Å². The molecule has 8 nitrogen and oxygen atoms in total. The second-order valence-electron chi connectivity index (χ2n) is 9.15. The predicted octanol–water partition coefficient (Wildman–Crippen LogP) is 2.18. The number of hydrogen-bond acceptors (Lipinski definition) is 5. The quantitative estimate of drug-likeness (QED) is 0.812. The van der Waals surface area contributed by atoms with Crippen LogP contribution in [0.4, 0.5) is 0 Å². The van der Waals surface area contributed by atoms with E-state index in [9.17, 15) is 18.0 Å². The molecule has 0 saturated carbocycles. The molecule has 0 unspecified atom stereocenters. The fourth-order valence-electron chi connectivity index (χ4n) is 3.91. The van der Waals surface area contributed by atoms with E-state index in [1.807, 2.05) is 34.6 Å². The van der Waals surface area contributed by atoms with Crippen molar-refractivity contribution in [2.24, 2.45) is 11.8 Å². The summed E-state index contributed by atoms with van der Waals surface area (Å²) in [7, 11) is -3.69.